The van der Waals surface area contributed by atoms with E-state index in [0.29, 0.717) is 16.6 Å². The van der Waals surface area contributed by atoms with Gasteiger partial charge in [-0.1, -0.05) is 6.07 Å². The van der Waals surface area contributed by atoms with E-state index in [9.17, 15) is 9.59 Å². The summed E-state index contributed by atoms with van der Waals surface area (Å²) in [7, 11) is 1.54. The fourth-order valence-electron chi connectivity index (χ4n) is 1.57. The molecule has 18 heavy (non-hydrogen) atoms. The topological polar surface area (TPSA) is 97.1 Å². The first-order valence-corrected chi connectivity index (χ1v) is 5.34. The third kappa shape index (κ3) is 2.62. The van der Waals surface area contributed by atoms with Crippen LogP contribution in [0.1, 0.15) is 5.56 Å². The maximum atomic E-state index is 11.2. The molecule has 0 fully saturated rings. The number of hydrogen-bond donors (Lipinski definition) is 2. The lowest BCUT2D eigenvalue weighted by Gasteiger charge is -1.96. The van der Waals surface area contributed by atoms with Gasteiger partial charge in [0.25, 0.3) is 0 Å². The van der Waals surface area contributed by atoms with Crippen molar-refractivity contribution >= 4 is 22.9 Å². The van der Waals surface area contributed by atoms with Crippen molar-refractivity contribution in [1.29, 1.82) is 0 Å². The molecule has 1 amide bonds. The van der Waals surface area contributed by atoms with Crippen molar-refractivity contribution < 1.29 is 14.7 Å². The van der Waals surface area contributed by atoms with E-state index >= 15 is 0 Å². The summed E-state index contributed by atoms with van der Waals surface area (Å²) in [5, 5.41) is 19.4. The minimum absolute atomic E-state index is 0.0411. The van der Waals surface area contributed by atoms with E-state index in [4.69, 9.17) is 5.11 Å². The fraction of sp³-hybridized carbons (Fsp3) is 0.273. The molecule has 0 bridgehead atoms. The van der Waals surface area contributed by atoms with Crippen LogP contribution < -0.4 is 5.32 Å². The molecule has 2 N–H and O–H groups in total. The van der Waals surface area contributed by atoms with Gasteiger partial charge in [-0.25, -0.2) is 0 Å². The maximum Gasteiger partial charge on any atom is 0.307 e. The van der Waals surface area contributed by atoms with E-state index in [1.165, 1.54) is 11.8 Å². The van der Waals surface area contributed by atoms with Crippen molar-refractivity contribution in [2.75, 3.05) is 7.05 Å². The average molecular weight is 248 g/mol. The van der Waals surface area contributed by atoms with Gasteiger partial charge in [0.15, 0.2) is 0 Å². The summed E-state index contributed by atoms with van der Waals surface area (Å²) in [6.07, 6.45) is -0.0573. The highest BCUT2D eigenvalue weighted by Crippen LogP contribution is 2.12. The van der Waals surface area contributed by atoms with Crippen LogP contribution in [-0.4, -0.2) is 39.0 Å². The van der Waals surface area contributed by atoms with Gasteiger partial charge in [0.1, 0.15) is 17.6 Å². The molecule has 0 aliphatic heterocycles. The van der Waals surface area contributed by atoms with Crippen molar-refractivity contribution in [3.63, 3.8) is 0 Å². The highest BCUT2D eigenvalue weighted by Gasteiger charge is 2.08. The van der Waals surface area contributed by atoms with Crippen LogP contribution >= 0.6 is 0 Å². The SMILES string of the molecule is CNC(=O)Cn1nc2ccc(CC(=O)O)cc2n1. The molecular weight excluding hydrogens is 236 g/mol. The maximum absolute atomic E-state index is 11.2. The van der Waals surface area contributed by atoms with E-state index in [1.54, 1.807) is 18.2 Å². The van der Waals surface area contributed by atoms with Crippen LogP contribution in [0.15, 0.2) is 18.2 Å². The molecule has 94 valence electrons. The highest BCUT2D eigenvalue weighted by atomic mass is 16.4. The molecule has 1 heterocycles. The summed E-state index contributed by atoms with van der Waals surface area (Å²) in [4.78, 5) is 23.1. The number of carboxylic acid groups (broad SMARTS) is 1. The molecule has 2 rings (SSSR count). The smallest absolute Gasteiger partial charge is 0.307 e. The molecule has 0 saturated carbocycles. The Morgan fingerprint density at radius 2 is 2.06 bits per heavy atom. The lowest BCUT2D eigenvalue weighted by atomic mass is 10.1. The van der Waals surface area contributed by atoms with Crippen LogP contribution in [0.25, 0.3) is 11.0 Å². The Labute approximate surface area is 102 Å². The number of carboxylic acids is 1. The number of amides is 1. The molecule has 0 radical (unpaired) electrons. The van der Waals surface area contributed by atoms with E-state index in [-0.39, 0.29) is 18.9 Å². The van der Waals surface area contributed by atoms with Crippen LogP contribution in [0.2, 0.25) is 0 Å². The molecule has 0 spiro atoms. The van der Waals surface area contributed by atoms with Crippen molar-refractivity contribution in [3.8, 4) is 0 Å². The van der Waals surface area contributed by atoms with E-state index < -0.39 is 5.97 Å². The molecular formula is C11H12N4O3. The number of fused-ring (bicyclic) bond motifs is 1. The number of hydrogen-bond acceptors (Lipinski definition) is 4. The van der Waals surface area contributed by atoms with E-state index in [0.717, 1.165) is 0 Å². The quantitative estimate of drug-likeness (QED) is 0.781. The summed E-state index contributed by atoms with van der Waals surface area (Å²) in [6, 6.07) is 5.05. The molecule has 7 nitrogen and oxygen atoms in total. The predicted octanol–water partition coefficient (Wildman–Crippen LogP) is -0.196. The predicted molar refractivity (Wildman–Crippen MR) is 62.9 cm³/mol. The third-order valence-electron chi connectivity index (χ3n) is 2.41. The Bertz CT molecular complexity index is 605. The highest BCUT2D eigenvalue weighted by molar-refractivity contribution is 5.78. The number of carbonyl (C=O) groups excluding carboxylic acids is 1. The van der Waals surface area contributed by atoms with Gasteiger partial charge in [-0.2, -0.15) is 15.0 Å². The number of aromatic nitrogens is 3. The molecule has 0 aliphatic carbocycles. The largest absolute Gasteiger partial charge is 0.481 e. The number of nitrogens with zero attached hydrogens (tertiary/aromatic N) is 3. The van der Waals surface area contributed by atoms with Gasteiger partial charge in [0.2, 0.25) is 5.91 Å². The van der Waals surface area contributed by atoms with Crippen LogP contribution in [-0.2, 0) is 22.6 Å². The van der Waals surface area contributed by atoms with Crippen molar-refractivity contribution in [3.05, 3.63) is 23.8 Å². The number of aliphatic carboxylic acids is 1. The zero-order valence-corrected chi connectivity index (χ0v) is 9.75. The van der Waals surface area contributed by atoms with Crippen molar-refractivity contribution in [2.24, 2.45) is 0 Å². The number of carbonyl (C=O) groups is 2. The van der Waals surface area contributed by atoms with Gasteiger partial charge in [-0.3, -0.25) is 9.59 Å². The number of benzene rings is 1. The summed E-state index contributed by atoms with van der Waals surface area (Å²) in [5.41, 5.74) is 1.87. The molecule has 7 heteroatoms. The normalized spacial score (nSPS) is 10.5. The van der Waals surface area contributed by atoms with Gasteiger partial charge in [-0.05, 0) is 17.7 Å². The third-order valence-corrected chi connectivity index (χ3v) is 2.41. The van der Waals surface area contributed by atoms with Crippen LogP contribution in [0.3, 0.4) is 0 Å². The van der Waals surface area contributed by atoms with E-state index in [1.807, 2.05) is 0 Å². The van der Waals surface area contributed by atoms with Crippen LogP contribution in [0, 0.1) is 0 Å². The molecule has 2 aromatic rings. The summed E-state index contributed by atoms with van der Waals surface area (Å²) in [6.45, 7) is 0.0411. The zero-order chi connectivity index (χ0) is 13.1. The van der Waals surface area contributed by atoms with Gasteiger partial charge >= 0.3 is 5.97 Å². The van der Waals surface area contributed by atoms with Gasteiger partial charge in [0, 0.05) is 7.05 Å². The lowest BCUT2D eigenvalue weighted by molar-refractivity contribution is -0.136. The Kier molecular flexibility index (Phi) is 3.22. The minimum Gasteiger partial charge on any atom is -0.481 e. The summed E-state index contributed by atoms with van der Waals surface area (Å²) in [5.74, 6) is -1.09. The second-order valence-electron chi connectivity index (χ2n) is 3.80. The molecule has 0 saturated heterocycles. The molecule has 0 aliphatic rings. The zero-order valence-electron chi connectivity index (χ0n) is 9.75. The van der Waals surface area contributed by atoms with E-state index in [2.05, 4.69) is 15.5 Å². The van der Waals surface area contributed by atoms with Crippen molar-refractivity contribution in [1.82, 2.24) is 20.3 Å². The Morgan fingerprint density at radius 3 is 2.72 bits per heavy atom. The molecule has 0 atom stereocenters. The van der Waals surface area contributed by atoms with Gasteiger partial charge in [0.05, 0.1) is 6.42 Å². The molecule has 1 aromatic heterocycles. The van der Waals surface area contributed by atoms with Gasteiger partial charge in [-0.15, -0.1) is 0 Å². The average Bonchev–Trinajstić information content (AvgIpc) is 2.69. The second-order valence-corrected chi connectivity index (χ2v) is 3.80. The van der Waals surface area contributed by atoms with Crippen LogP contribution in [0.5, 0.6) is 0 Å². The lowest BCUT2D eigenvalue weighted by Crippen LogP contribution is -2.24. The van der Waals surface area contributed by atoms with Crippen molar-refractivity contribution in [2.45, 2.75) is 13.0 Å². The first kappa shape index (κ1) is 12.0. The summed E-state index contributed by atoms with van der Waals surface area (Å²) < 4.78 is 0. The second kappa shape index (κ2) is 4.82. The minimum atomic E-state index is -0.896. The molecule has 0 unspecified atom stereocenters. The Morgan fingerprint density at radius 1 is 1.33 bits per heavy atom. The standard InChI is InChI=1S/C11H12N4O3/c1-12-10(16)6-15-13-8-3-2-7(5-11(17)18)4-9(8)14-15/h2-4H,5-6H2,1H3,(H,12,16)(H,17,18). The number of rotatable bonds is 4. The summed E-state index contributed by atoms with van der Waals surface area (Å²) >= 11 is 0. The first-order valence-electron chi connectivity index (χ1n) is 5.34. The van der Waals surface area contributed by atoms with Crippen LogP contribution in [0.4, 0.5) is 0 Å². The Balaban J connectivity index is 2.27. The Hall–Kier alpha value is -2.44. The monoisotopic (exact) mass is 248 g/mol. The van der Waals surface area contributed by atoms with Gasteiger partial charge < -0.3 is 10.4 Å². The number of nitrogens with one attached hydrogen (secondary N) is 1. The first-order chi connectivity index (χ1) is 8.58. The number of likely N-dealkylation sites (N-methyl/N-ethyl adjacent to an activating group) is 1. The fourth-order valence-corrected chi connectivity index (χ4v) is 1.57. The molecule has 1 aromatic carbocycles.